The first-order valence-electron chi connectivity index (χ1n) is 28.4. The lowest BCUT2D eigenvalue weighted by molar-refractivity contribution is -0.142. The molecule has 3 aliphatic rings. The first-order valence-corrected chi connectivity index (χ1v) is 31.1. The molecular formula is C59H79Br2ClN10O14. The van der Waals surface area contributed by atoms with Crippen LogP contribution in [0.1, 0.15) is 91.5 Å². The van der Waals surface area contributed by atoms with Crippen LogP contribution in [-0.4, -0.2) is 151 Å². The molecule has 1 aromatic heterocycles. The number of rotatable bonds is 23. The minimum Gasteiger partial charge on any atom is -0.495 e. The Morgan fingerprint density at radius 3 is 2.37 bits per heavy atom. The number of allylic oxidation sites excluding steroid dienone is 3. The zero-order valence-corrected chi connectivity index (χ0v) is 53.5. The molecule has 6 rings (SSSR count). The number of ether oxygens (including phenoxy) is 5. The number of alkyl halides is 2. The number of urea groups is 1. The molecule has 3 aromatic rings. The molecule has 4 bridgehead atoms. The largest absolute Gasteiger partial charge is 0.495 e. The van der Waals surface area contributed by atoms with Crippen molar-refractivity contribution < 1.29 is 67.1 Å². The highest BCUT2D eigenvalue weighted by Gasteiger charge is 2.64. The average Bonchev–Trinajstić information content (AvgIpc) is 1.62. The van der Waals surface area contributed by atoms with E-state index in [0.29, 0.717) is 65.2 Å². The van der Waals surface area contributed by atoms with Crippen LogP contribution >= 0.6 is 43.5 Å². The lowest BCUT2D eigenvalue weighted by Gasteiger charge is -2.42. The molecule has 470 valence electrons. The van der Waals surface area contributed by atoms with Crippen LogP contribution in [-0.2, 0) is 49.3 Å². The number of alkyl carbamates (subject to hydrolysis) is 1. The molecule has 0 radical (unpaired) electrons. The molecular weight excluding hydrogens is 1270 g/mol. The second kappa shape index (κ2) is 31.4. The number of hydrogen-bond donors (Lipinski definition) is 9. The topological polar surface area (TPSA) is 333 Å². The van der Waals surface area contributed by atoms with E-state index in [1.165, 1.54) is 25.2 Å². The van der Waals surface area contributed by atoms with E-state index in [1.807, 2.05) is 13.0 Å². The van der Waals surface area contributed by atoms with E-state index in [9.17, 15) is 43.5 Å². The van der Waals surface area contributed by atoms with Gasteiger partial charge in [0, 0.05) is 67.7 Å². The fourth-order valence-electron chi connectivity index (χ4n) is 10.3. The van der Waals surface area contributed by atoms with Crippen molar-refractivity contribution in [3.8, 4) is 5.75 Å². The van der Waals surface area contributed by atoms with Crippen LogP contribution in [0, 0.1) is 17.8 Å². The molecule has 24 nitrogen and oxygen atoms in total. The normalized spacial score (nSPS) is 23.9. The number of pyridine rings is 1. The van der Waals surface area contributed by atoms with Crippen molar-refractivity contribution >= 4 is 119 Å². The number of hydrogen-bond acceptors (Lipinski definition) is 15. The minimum atomic E-state index is -1.89. The summed E-state index contributed by atoms with van der Waals surface area (Å²) in [6.07, 6.45) is 1.75. The number of nitrogens with one attached hydrogen (secondary N) is 7. The second-order valence-corrected chi connectivity index (χ2v) is 24.0. The predicted molar refractivity (Wildman–Crippen MR) is 331 cm³/mol. The van der Waals surface area contributed by atoms with Crippen LogP contribution < -0.4 is 52.6 Å². The zero-order chi connectivity index (χ0) is 63.0. The number of nitrogens with zero attached hydrogens (tertiary/aromatic N) is 2. The Labute approximate surface area is 522 Å². The van der Waals surface area contributed by atoms with Gasteiger partial charge in [-0.05, 0) is 99.9 Å². The third-order valence-corrected chi connectivity index (χ3v) is 17.3. The summed E-state index contributed by atoms with van der Waals surface area (Å²) in [5.74, 6) is -2.79. The number of fused-ring (bicyclic) bond motifs is 6. The molecule has 2 aromatic carbocycles. The Balaban J connectivity index is 1.15. The van der Waals surface area contributed by atoms with Gasteiger partial charge >= 0.3 is 18.2 Å². The number of halogens is 3. The minimum absolute atomic E-state index is 0.0628. The van der Waals surface area contributed by atoms with Crippen LogP contribution in [0.4, 0.5) is 31.6 Å². The highest BCUT2D eigenvalue weighted by atomic mass is 79.9. The van der Waals surface area contributed by atoms with E-state index in [2.05, 4.69) is 74.1 Å². The first kappa shape index (κ1) is 68.5. The second-order valence-electron chi connectivity index (χ2n) is 22.3. The maximum Gasteiger partial charge on any atom is 0.412 e. The smallest absolute Gasteiger partial charge is 0.412 e. The van der Waals surface area contributed by atoms with E-state index in [0.717, 1.165) is 11.1 Å². The Bertz CT molecular complexity index is 3020. The van der Waals surface area contributed by atoms with Crippen molar-refractivity contribution in [3.05, 3.63) is 76.9 Å². The molecule has 2 saturated heterocycles. The molecule has 9 atom stereocenters. The van der Waals surface area contributed by atoms with Crippen LogP contribution in [0.2, 0.25) is 5.02 Å². The predicted octanol–water partition coefficient (Wildman–Crippen LogP) is 7.02. The van der Waals surface area contributed by atoms with Gasteiger partial charge in [-0.25, -0.2) is 19.4 Å². The Morgan fingerprint density at radius 2 is 1.69 bits per heavy atom. The highest BCUT2D eigenvalue weighted by molar-refractivity contribution is 9.09. The van der Waals surface area contributed by atoms with Crippen LogP contribution in [0.3, 0.4) is 0 Å². The third-order valence-electron chi connectivity index (χ3n) is 15.4. The highest BCUT2D eigenvalue weighted by Crippen LogP contribution is 2.49. The SMILES string of the molecule is COc1cc2cc(c1Cl)N(C)C(=O)C[C@H](OC(=O)Nc1ccc3nc(NC(=O)[C@H](CCCNC(N)=O)NC(=O)[C@@H](NC(=O)CCCCCNC(=O)C(CBr)CBr)C(C)C)ccc3c1)[C@]1(C)O[C@H]1[C@H](C)[C@@H]1C[C@@](O)(NC(=O)O1)[C@H](OC)/C=C/C=C(\C)C2. The van der Waals surface area contributed by atoms with Crippen molar-refractivity contribution in [1.82, 2.24) is 31.6 Å². The summed E-state index contributed by atoms with van der Waals surface area (Å²) in [5.41, 5.74) is 4.75. The number of carbonyl (C=O) groups is 8. The van der Waals surface area contributed by atoms with E-state index in [1.54, 1.807) is 83.3 Å². The number of nitrogens with two attached hydrogens (primary N) is 1. The Hall–Kier alpha value is -6.58. The van der Waals surface area contributed by atoms with Gasteiger partial charge in [-0.3, -0.25) is 34.6 Å². The summed E-state index contributed by atoms with van der Waals surface area (Å²) in [6, 6.07) is 8.64. The van der Waals surface area contributed by atoms with Crippen molar-refractivity contribution in [2.45, 2.75) is 140 Å². The lowest BCUT2D eigenvalue weighted by Crippen LogP contribution is -2.63. The van der Waals surface area contributed by atoms with Crippen molar-refractivity contribution in [2.75, 3.05) is 60.6 Å². The molecule has 2 fully saturated rings. The summed E-state index contributed by atoms with van der Waals surface area (Å²) >= 11 is 13.5. The van der Waals surface area contributed by atoms with Gasteiger partial charge in [-0.2, -0.15) is 0 Å². The molecule has 4 heterocycles. The fourth-order valence-corrected chi connectivity index (χ4v) is 12.3. The quantitative estimate of drug-likeness (QED) is 0.0262. The Kier molecular flexibility index (Phi) is 25.0. The molecule has 0 unspecified atom stereocenters. The van der Waals surface area contributed by atoms with Crippen LogP contribution in [0.25, 0.3) is 10.9 Å². The molecule has 0 aliphatic carbocycles. The van der Waals surface area contributed by atoms with Crippen molar-refractivity contribution in [2.24, 2.45) is 23.5 Å². The summed E-state index contributed by atoms with van der Waals surface area (Å²) in [7, 11) is 4.43. The van der Waals surface area contributed by atoms with Gasteiger partial charge in [0.1, 0.15) is 52.6 Å². The summed E-state index contributed by atoms with van der Waals surface area (Å²) in [5, 5.41) is 32.7. The third kappa shape index (κ3) is 18.5. The van der Waals surface area contributed by atoms with Crippen molar-refractivity contribution in [1.29, 1.82) is 0 Å². The molecule has 0 saturated carbocycles. The number of amides is 9. The number of epoxide rings is 1. The number of aliphatic hydroxyl groups is 1. The molecule has 9 amide bonds. The van der Waals surface area contributed by atoms with E-state index < -0.39 is 96.1 Å². The van der Waals surface area contributed by atoms with Gasteiger partial charge in [0.05, 0.1) is 36.8 Å². The maximum atomic E-state index is 14.4. The molecule has 10 N–H and O–H groups in total. The number of unbranched alkanes of at least 4 members (excludes halogenated alkanes) is 2. The zero-order valence-electron chi connectivity index (χ0n) is 49.5. The monoisotopic (exact) mass is 1340 g/mol. The van der Waals surface area contributed by atoms with Crippen molar-refractivity contribution in [3.63, 3.8) is 0 Å². The van der Waals surface area contributed by atoms with Crippen LogP contribution in [0.5, 0.6) is 5.75 Å². The van der Waals surface area contributed by atoms with E-state index in [4.69, 9.17) is 41.0 Å². The first-order chi connectivity index (χ1) is 40.8. The fraction of sp³-hybridized carbons (Fsp3) is 0.542. The molecule has 27 heteroatoms. The maximum absolute atomic E-state index is 14.4. The summed E-state index contributed by atoms with van der Waals surface area (Å²) in [4.78, 5) is 112. The van der Waals surface area contributed by atoms with Crippen LogP contribution in [0.15, 0.2) is 66.3 Å². The van der Waals surface area contributed by atoms with Gasteiger partial charge in [0.15, 0.2) is 5.72 Å². The molecule has 86 heavy (non-hydrogen) atoms. The standard InChI is InChI=1S/C59H79Br2ClN10O14/c1-32(2)50(70-47(73)17-10-9-11-22-64-52(75)37(30-60)31-61)54(77)68-40(15-13-23-65-55(63)78)53(76)69-46-21-18-36-27-38(19-20-39(36)67-46)66-56(79)85-45-28-48(74)72(6)41-25-35(26-42(82-7)49(41)62)24-33(3)14-12-16-44(83-8)59(81)29-43(84-57(80)71-59)34(4)51-58(45,5)86-51/h12,14,16,18-21,25-27,32,34,37,40,43-45,50-51,81H,9-11,13,15,17,22-24,28-31H2,1-8H3,(H,64,75)(H,66,79)(H,68,77)(H,70,73)(H,71,80)(H3,63,65,78)(H,67,69,76)/b16-12+,33-14+/t34-,40+,43+,44-,45+,50+,51+,58+,59+/m1/s1. The molecule has 0 spiro atoms. The van der Waals surface area contributed by atoms with Gasteiger partial charge in [0.2, 0.25) is 29.5 Å². The number of benzene rings is 2. The van der Waals surface area contributed by atoms with Gasteiger partial charge < -0.3 is 66.0 Å². The Morgan fingerprint density at radius 1 is 0.953 bits per heavy atom. The van der Waals surface area contributed by atoms with Gasteiger partial charge in [0.25, 0.3) is 0 Å². The van der Waals surface area contributed by atoms with Gasteiger partial charge in [-0.1, -0.05) is 94.5 Å². The van der Waals surface area contributed by atoms with E-state index in [-0.39, 0.29) is 72.4 Å². The number of anilines is 3. The molecule has 3 aliphatic heterocycles. The summed E-state index contributed by atoms with van der Waals surface area (Å²) < 4.78 is 29.5. The summed E-state index contributed by atoms with van der Waals surface area (Å²) in [6.45, 7) is 9.48. The number of primary amides is 1. The average molecular weight is 1350 g/mol. The number of methoxy groups -OCH3 is 2. The number of aromatic nitrogens is 1. The van der Waals surface area contributed by atoms with Gasteiger partial charge in [-0.15, -0.1) is 0 Å². The van der Waals surface area contributed by atoms with E-state index >= 15 is 0 Å². The number of carbonyl (C=O) groups excluding carboxylic acids is 8. The lowest BCUT2D eigenvalue weighted by atomic mass is 9.83.